The van der Waals surface area contributed by atoms with Crippen molar-refractivity contribution in [2.24, 2.45) is 5.73 Å². The molecule has 10 heavy (non-hydrogen) atoms. The molecule has 0 saturated heterocycles. The highest BCUT2D eigenvalue weighted by molar-refractivity contribution is 8.69. The second-order valence-corrected chi connectivity index (χ2v) is 5.05. The zero-order valence-electron chi connectivity index (χ0n) is 5.10. The molecule has 0 bridgehead atoms. The molecule has 0 aliphatic heterocycles. The summed E-state index contributed by atoms with van der Waals surface area (Å²) in [6.45, 7) is -0.289. The third-order valence-electron chi connectivity index (χ3n) is 0.666. The van der Waals surface area contributed by atoms with Crippen molar-refractivity contribution < 1.29 is 18.1 Å². The summed E-state index contributed by atoms with van der Waals surface area (Å²) in [4.78, 5) is 0. The molecule has 0 saturated carbocycles. The molecule has 0 fully saturated rings. The van der Waals surface area contributed by atoms with E-state index in [0.717, 1.165) is 0 Å². The van der Waals surface area contributed by atoms with Crippen molar-refractivity contribution in [3.05, 3.63) is 0 Å². The number of nitrogens with two attached hydrogens (primary N) is 1. The largest absolute Gasteiger partial charge is 0.395 e. The smallest absolute Gasteiger partial charge is 0.319 e. The Morgan fingerprint density at radius 2 is 2.10 bits per heavy atom. The van der Waals surface area contributed by atoms with Gasteiger partial charge in [-0.25, -0.2) is 0 Å². The lowest BCUT2D eigenvalue weighted by molar-refractivity contribution is 0.275. The van der Waals surface area contributed by atoms with Crippen LogP contribution in [0.2, 0.25) is 0 Å². The Morgan fingerprint density at radius 3 is 2.40 bits per heavy atom. The maximum atomic E-state index is 10.0. The molecular formula is C3H9NO4S2. The summed E-state index contributed by atoms with van der Waals surface area (Å²) in [5.74, 6) is -0.00463. The molecule has 0 radical (unpaired) electrons. The molecular weight excluding hydrogens is 178 g/mol. The van der Waals surface area contributed by atoms with Crippen LogP contribution in [0.4, 0.5) is 0 Å². The van der Waals surface area contributed by atoms with Crippen LogP contribution in [0, 0.1) is 0 Å². The monoisotopic (exact) mass is 187 g/mol. The maximum Gasteiger partial charge on any atom is 0.319 e. The first-order valence-electron chi connectivity index (χ1n) is 2.44. The fraction of sp³-hybridized carbons (Fsp3) is 1.00. The lowest BCUT2D eigenvalue weighted by atomic mass is 10.4. The molecule has 1 atom stereocenters. The van der Waals surface area contributed by atoms with E-state index in [0.29, 0.717) is 10.8 Å². The average Bonchev–Trinajstić information content (AvgIpc) is 1.81. The predicted octanol–water partition coefficient (Wildman–Crippen LogP) is -1.16. The molecule has 0 spiro atoms. The number of aliphatic hydroxyl groups is 1. The topological polar surface area (TPSA) is 101 Å². The van der Waals surface area contributed by atoms with E-state index in [9.17, 15) is 8.42 Å². The molecule has 0 aromatic carbocycles. The summed E-state index contributed by atoms with van der Waals surface area (Å²) >= 11 is 0. The summed E-state index contributed by atoms with van der Waals surface area (Å²) in [6.07, 6.45) is 0. The SMILES string of the molecule is N[C@@H](CO)CSS(=O)(=O)O. The van der Waals surface area contributed by atoms with Crippen LogP contribution in [0.5, 0.6) is 0 Å². The number of rotatable bonds is 4. The standard InChI is InChI=1S/C3H9NO4S2/c4-3(1-5)2-9-10(6,7)8/h3,5H,1-2,4H2,(H,6,7,8)/t3-/m0/s1. The number of aliphatic hydroxyl groups excluding tert-OH is 1. The highest BCUT2D eigenvalue weighted by atomic mass is 33.1. The third-order valence-corrected chi connectivity index (χ3v) is 2.83. The van der Waals surface area contributed by atoms with Crippen molar-refractivity contribution in [3.8, 4) is 0 Å². The summed E-state index contributed by atoms with van der Waals surface area (Å²) < 4.78 is 28.2. The van der Waals surface area contributed by atoms with Crippen LogP contribution >= 0.6 is 10.8 Å². The molecule has 0 heterocycles. The molecule has 7 heteroatoms. The van der Waals surface area contributed by atoms with Crippen LogP contribution in [0.3, 0.4) is 0 Å². The zero-order valence-corrected chi connectivity index (χ0v) is 6.73. The molecule has 0 aliphatic carbocycles. The van der Waals surface area contributed by atoms with Gasteiger partial charge >= 0.3 is 9.15 Å². The van der Waals surface area contributed by atoms with Gasteiger partial charge in [0.05, 0.1) is 6.61 Å². The Labute approximate surface area is 62.8 Å². The third kappa shape index (κ3) is 6.30. The summed E-state index contributed by atoms with van der Waals surface area (Å²) in [5.41, 5.74) is 5.13. The second-order valence-electron chi connectivity index (χ2n) is 1.65. The normalized spacial score (nSPS) is 15.1. The van der Waals surface area contributed by atoms with Crippen LogP contribution in [-0.2, 0) is 9.15 Å². The summed E-state index contributed by atoms with van der Waals surface area (Å²) in [5, 5.41) is 8.32. The maximum absolute atomic E-state index is 10.0. The molecule has 0 rings (SSSR count). The fourth-order valence-corrected chi connectivity index (χ4v) is 1.72. The van der Waals surface area contributed by atoms with Gasteiger partial charge in [-0.15, -0.1) is 0 Å². The van der Waals surface area contributed by atoms with Gasteiger partial charge in [0.25, 0.3) is 0 Å². The molecule has 5 nitrogen and oxygen atoms in total. The quantitative estimate of drug-likeness (QED) is 0.379. The van der Waals surface area contributed by atoms with Gasteiger partial charge < -0.3 is 10.8 Å². The van der Waals surface area contributed by atoms with Crippen molar-refractivity contribution in [1.82, 2.24) is 0 Å². The van der Waals surface area contributed by atoms with Crippen molar-refractivity contribution >= 4 is 19.9 Å². The van der Waals surface area contributed by atoms with E-state index in [4.69, 9.17) is 15.4 Å². The second kappa shape index (κ2) is 4.14. The number of hydrogen-bond acceptors (Lipinski definition) is 5. The minimum Gasteiger partial charge on any atom is -0.395 e. The zero-order chi connectivity index (χ0) is 8.20. The molecule has 0 unspecified atom stereocenters. The van der Waals surface area contributed by atoms with E-state index in [1.165, 1.54) is 0 Å². The highest BCUT2D eigenvalue weighted by Gasteiger charge is 2.08. The van der Waals surface area contributed by atoms with Gasteiger partial charge in [0.1, 0.15) is 0 Å². The van der Waals surface area contributed by atoms with Crippen molar-refractivity contribution in [3.63, 3.8) is 0 Å². The first-order valence-corrected chi connectivity index (χ1v) is 5.38. The molecule has 62 valence electrons. The summed E-state index contributed by atoms with van der Waals surface area (Å²) in [7, 11) is -3.69. The van der Waals surface area contributed by atoms with Gasteiger partial charge in [-0.2, -0.15) is 8.42 Å². The van der Waals surface area contributed by atoms with E-state index < -0.39 is 15.2 Å². The molecule has 0 aliphatic rings. The first kappa shape index (κ1) is 10.2. The lowest BCUT2D eigenvalue weighted by Gasteiger charge is -2.03. The van der Waals surface area contributed by atoms with Crippen LogP contribution < -0.4 is 5.73 Å². The first-order chi connectivity index (χ1) is 4.45. The average molecular weight is 187 g/mol. The Bertz CT molecular complexity index is 177. The highest BCUT2D eigenvalue weighted by Crippen LogP contribution is 2.08. The minimum absolute atomic E-state index is 0.00463. The molecule has 0 amide bonds. The molecule has 4 N–H and O–H groups in total. The van der Waals surface area contributed by atoms with Crippen LogP contribution in [0.1, 0.15) is 0 Å². The van der Waals surface area contributed by atoms with Gasteiger partial charge in [-0.3, -0.25) is 4.55 Å². The minimum atomic E-state index is -4.00. The van der Waals surface area contributed by atoms with Gasteiger partial charge in [-0.1, -0.05) is 0 Å². The molecule has 0 aromatic rings. The Morgan fingerprint density at radius 1 is 1.60 bits per heavy atom. The Balaban J connectivity index is 3.56. The van der Waals surface area contributed by atoms with E-state index in [2.05, 4.69) is 0 Å². The van der Waals surface area contributed by atoms with E-state index in [1.54, 1.807) is 0 Å². The van der Waals surface area contributed by atoms with Gasteiger partial charge in [0.2, 0.25) is 0 Å². The van der Waals surface area contributed by atoms with Gasteiger partial charge in [-0.05, 0) is 10.8 Å². The Kier molecular flexibility index (Phi) is 4.22. The fourth-order valence-electron chi connectivity index (χ4n) is 0.226. The van der Waals surface area contributed by atoms with Crippen molar-refractivity contribution in [2.45, 2.75) is 6.04 Å². The van der Waals surface area contributed by atoms with E-state index >= 15 is 0 Å². The number of hydrogen-bond donors (Lipinski definition) is 3. The van der Waals surface area contributed by atoms with Crippen LogP contribution in [0.25, 0.3) is 0 Å². The predicted molar refractivity (Wildman–Crippen MR) is 39.1 cm³/mol. The molecule has 0 aromatic heterocycles. The van der Waals surface area contributed by atoms with Crippen molar-refractivity contribution in [1.29, 1.82) is 0 Å². The summed E-state index contributed by atoms with van der Waals surface area (Å²) in [6, 6.07) is -0.605. The van der Waals surface area contributed by atoms with E-state index in [-0.39, 0.29) is 12.4 Å². The van der Waals surface area contributed by atoms with E-state index in [1.807, 2.05) is 0 Å². The van der Waals surface area contributed by atoms with Gasteiger partial charge in [0, 0.05) is 11.8 Å². The van der Waals surface area contributed by atoms with Gasteiger partial charge in [0.15, 0.2) is 0 Å². The van der Waals surface area contributed by atoms with Crippen molar-refractivity contribution in [2.75, 3.05) is 12.4 Å². The van der Waals surface area contributed by atoms with Crippen LogP contribution in [-0.4, -0.2) is 36.5 Å². The Hall–Kier alpha value is 0.180. The lowest BCUT2D eigenvalue weighted by Crippen LogP contribution is -2.27. The van der Waals surface area contributed by atoms with Crippen LogP contribution in [0.15, 0.2) is 0 Å².